The number of hydrogen-bond donors (Lipinski definition) is 1. The Kier molecular flexibility index (Phi) is 6.26. The lowest BCUT2D eigenvalue weighted by atomic mass is 10.3. The van der Waals surface area contributed by atoms with Gasteiger partial charge in [0.15, 0.2) is 5.16 Å². The normalized spacial score (nSPS) is 11.2. The predicted octanol–water partition coefficient (Wildman–Crippen LogP) is 4.41. The van der Waals surface area contributed by atoms with E-state index in [0.29, 0.717) is 16.5 Å². The molecule has 0 bridgehead atoms. The molecule has 0 atom stereocenters. The van der Waals surface area contributed by atoms with Crippen LogP contribution in [0.1, 0.15) is 0 Å². The van der Waals surface area contributed by atoms with E-state index in [0.717, 1.165) is 23.9 Å². The third-order valence-corrected chi connectivity index (χ3v) is 4.62. The highest BCUT2D eigenvalue weighted by atomic mass is 32.2. The minimum atomic E-state index is -4.78. The van der Waals surface area contributed by atoms with Gasteiger partial charge in [-0.15, -0.1) is 13.2 Å². The number of hydrogen-bond acceptors (Lipinski definition) is 6. The lowest BCUT2D eigenvalue weighted by Crippen LogP contribution is -2.17. The molecule has 0 aliphatic carbocycles. The molecular formula is C18H13F3N4O4S. The van der Waals surface area contributed by atoms with Crippen LogP contribution in [0.4, 0.5) is 24.5 Å². The first-order valence-corrected chi connectivity index (χ1v) is 9.26. The van der Waals surface area contributed by atoms with E-state index in [1.807, 2.05) is 0 Å². The van der Waals surface area contributed by atoms with Crippen molar-refractivity contribution in [2.24, 2.45) is 0 Å². The third-order valence-electron chi connectivity index (χ3n) is 3.65. The van der Waals surface area contributed by atoms with Crippen LogP contribution < -0.4 is 10.1 Å². The van der Waals surface area contributed by atoms with Crippen LogP contribution in [0, 0.1) is 10.1 Å². The molecule has 0 unspecified atom stereocenters. The zero-order valence-electron chi connectivity index (χ0n) is 15.0. The molecule has 30 heavy (non-hydrogen) atoms. The topological polar surface area (TPSA) is 99.3 Å². The Morgan fingerprint density at radius 2 is 1.83 bits per heavy atom. The van der Waals surface area contributed by atoms with E-state index >= 15 is 0 Å². The van der Waals surface area contributed by atoms with Crippen molar-refractivity contribution in [2.75, 3.05) is 11.1 Å². The summed E-state index contributed by atoms with van der Waals surface area (Å²) in [4.78, 5) is 26.6. The fourth-order valence-electron chi connectivity index (χ4n) is 2.40. The number of imidazole rings is 1. The van der Waals surface area contributed by atoms with Gasteiger partial charge >= 0.3 is 6.36 Å². The van der Waals surface area contributed by atoms with Crippen LogP contribution in [0.25, 0.3) is 5.69 Å². The molecule has 2 aromatic carbocycles. The van der Waals surface area contributed by atoms with Gasteiger partial charge in [0.2, 0.25) is 5.91 Å². The average Bonchev–Trinajstić information content (AvgIpc) is 3.15. The third kappa shape index (κ3) is 5.73. The van der Waals surface area contributed by atoms with Crippen LogP contribution in [-0.4, -0.2) is 32.5 Å². The Balaban J connectivity index is 1.58. The van der Waals surface area contributed by atoms with Crippen molar-refractivity contribution in [1.29, 1.82) is 0 Å². The molecule has 0 spiro atoms. The predicted molar refractivity (Wildman–Crippen MR) is 103 cm³/mol. The first kappa shape index (κ1) is 21.2. The van der Waals surface area contributed by atoms with Crippen LogP contribution in [-0.2, 0) is 4.79 Å². The highest BCUT2D eigenvalue weighted by molar-refractivity contribution is 7.99. The molecule has 12 heteroatoms. The molecule has 0 aliphatic heterocycles. The van der Waals surface area contributed by atoms with Crippen molar-refractivity contribution in [3.8, 4) is 11.4 Å². The van der Waals surface area contributed by atoms with Crippen LogP contribution in [0.3, 0.4) is 0 Å². The van der Waals surface area contributed by atoms with E-state index in [-0.39, 0.29) is 23.1 Å². The van der Waals surface area contributed by atoms with Crippen molar-refractivity contribution >= 4 is 29.0 Å². The van der Waals surface area contributed by atoms with E-state index in [2.05, 4.69) is 15.0 Å². The molecule has 3 rings (SSSR count). The number of rotatable bonds is 7. The molecule has 0 radical (unpaired) electrons. The van der Waals surface area contributed by atoms with Gasteiger partial charge < -0.3 is 10.1 Å². The SMILES string of the molecule is O=C(CSc1nccn1-c1ccc([N+](=O)[O-])cc1)Nc1ccc(OC(F)(F)F)cc1. The first-order chi connectivity index (χ1) is 14.2. The van der Waals surface area contributed by atoms with Crippen molar-refractivity contribution in [1.82, 2.24) is 9.55 Å². The van der Waals surface area contributed by atoms with Gasteiger partial charge in [0.25, 0.3) is 5.69 Å². The zero-order valence-corrected chi connectivity index (χ0v) is 15.8. The van der Waals surface area contributed by atoms with Crippen molar-refractivity contribution in [3.05, 3.63) is 71.0 Å². The van der Waals surface area contributed by atoms with E-state index in [4.69, 9.17) is 0 Å². The Hall–Kier alpha value is -3.54. The summed E-state index contributed by atoms with van der Waals surface area (Å²) in [7, 11) is 0. The minimum Gasteiger partial charge on any atom is -0.406 e. The lowest BCUT2D eigenvalue weighted by molar-refractivity contribution is -0.384. The summed E-state index contributed by atoms with van der Waals surface area (Å²) in [6, 6.07) is 10.6. The number of alkyl halides is 3. The Labute approximate surface area is 171 Å². The molecule has 0 saturated heterocycles. The standard InChI is InChI=1S/C18H13F3N4O4S/c19-18(20,21)29-15-7-1-12(2-8-15)23-16(26)11-30-17-22-9-10-24(17)13-3-5-14(6-4-13)25(27)28/h1-10H,11H2,(H,23,26). The summed E-state index contributed by atoms with van der Waals surface area (Å²) in [5.41, 5.74) is 0.911. The molecule has 1 aromatic heterocycles. The summed E-state index contributed by atoms with van der Waals surface area (Å²) in [6.07, 6.45) is -1.60. The molecule has 0 aliphatic rings. The van der Waals surface area contributed by atoms with E-state index in [9.17, 15) is 28.1 Å². The number of anilines is 1. The molecule has 8 nitrogen and oxygen atoms in total. The first-order valence-electron chi connectivity index (χ1n) is 8.28. The second-order valence-corrected chi connectivity index (χ2v) is 6.70. The Morgan fingerprint density at radius 3 is 2.43 bits per heavy atom. The molecule has 1 amide bonds. The molecule has 156 valence electrons. The van der Waals surface area contributed by atoms with Gasteiger partial charge in [-0.1, -0.05) is 11.8 Å². The number of nitro benzene ring substituents is 1. The van der Waals surface area contributed by atoms with Gasteiger partial charge in [-0.2, -0.15) is 0 Å². The number of ether oxygens (including phenoxy) is 1. The highest BCUT2D eigenvalue weighted by Gasteiger charge is 2.30. The summed E-state index contributed by atoms with van der Waals surface area (Å²) in [5, 5.41) is 13.8. The van der Waals surface area contributed by atoms with E-state index in [1.54, 1.807) is 22.9 Å². The minimum absolute atomic E-state index is 0.00913. The van der Waals surface area contributed by atoms with Crippen molar-refractivity contribution < 1.29 is 27.6 Å². The van der Waals surface area contributed by atoms with Crippen LogP contribution in [0.5, 0.6) is 5.75 Å². The van der Waals surface area contributed by atoms with Gasteiger partial charge in [-0.25, -0.2) is 4.98 Å². The molecular weight excluding hydrogens is 425 g/mol. The monoisotopic (exact) mass is 438 g/mol. The zero-order chi connectivity index (χ0) is 21.7. The number of carbonyl (C=O) groups excluding carboxylic acids is 1. The van der Waals surface area contributed by atoms with Gasteiger partial charge in [0.05, 0.1) is 10.7 Å². The number of amides is 1. The lowest BCUT2D eigenvalue weighted by Gasteiger charge is -2.10. The number of nitro groups is 1. The second kappa shape index (κ2) is 8.86. The molecule has 3 aromatic rings. The number of benzene rings is 2. The smallest absolute Gasteiger partial charge is 0.406 e. The molecule has 0 fully saturated rings. The highest BCUT2D eigenvalue weighted by Crippen LogP contribution is 2.25. The number of carbonyl (C=O) groups is 1. The van der Waals surface area contributed by atoms with Gasteiger partial charge in [-0.05, 0) is 36.4 Å². The summed E-state index contributed by atoms with van der Waals surface area (Å²) >= 11 is 1.13. The number of aromatic nitrogens is 2. The van der Waals surface area contributed by atoms with Gasteiger partial charge in [0.1, 0.15) is 5.75 Å². The number of nitrogens with zero attached hydrogens (tertiary/aromatic N) is 3. The van der Waals surface area contributed by atoms with Gasteiger partial charge in [-0.3, -0.25) is 19.5 Å². The summed E-state index contributed by atoms with van der Waals surface area (Å²) in [6.45, 7) is 0. The number of non-ortho nitro benzene ring substituents is 1. The fraction of sp³-hybridized carbons (Fsp3) is 0.111. The Morgan fingerprint density at radius 1 is 1.17 bits per heavy atom. The van der Waals surface area contributed by atoms with Crippen LogP contribution in [0.2, 0.25) is 0 Å². The number of thioether (sulfide) groups is 1. The van der Waals surface area contributed by atoms with Crippen LogP contribution in [0.15, 0.2) is 66.1 Å². The Bertz CT molecular complexity index is 1040. The number of nitrogens with one attached hydrogen (secondary N) is 1. The largest absolute Gasteiger partial charge is 0.573 e. The summed E-state index contributed by atoms with van der Waals surface area (Å²) < 4.78 is 41.9. The number of halogens is 3. The quantitative estimate of drug-likeness (QED) is 0.333. The maximum atomic E-state index is 12.2. The van der Waals surface area contributed by atoms with Crippen LogP contribution >= 0.6 is 11.8 Å². The molecule has 1 heterocycles. The van der Waals surface area contributed by atoms with E-state index in [1.165, 1.54) is 30.5 Å². The van der Waals surface area contributed by atoms with Crippen molar-refractivity contribution in [3.63, 3.8) is 0 Å². The fourth-order valence-corrected chi connectivity index (χ4v) is 3.17. The second-order valence-electron chi connectivity index (χ2n) is 5.76. The maximum absolute atomic E-state index is 12.2. The average molecular weight is 438 g/mol. The van der Waals surface area contributed by atoms with Gasteiger partial charge in [0, 0.05) is 35.9 Å². The molecule has 1 N–H and O–H groups in total. The van der Waals surface area contributed by atoms with Crippen molar-refractivity contribution in [2.45, 2.75) is 11.5 Å². The van der Waals surface area contributed by atoms with E-state index < -0.39 is 11.3 Å². The molecule has 0 saturated carbocycles. The summed E-state index contributed by atoms with van der Waals surface area (Å²) in [5.74, 6) is -0.784. The maximum Gasteiger partial charge on any atom is 0.573 e.